The van der Waals surface area contributed by atoms with Crippen molar-refractivity contribution in [1.82, 2.24) is 9.21 Å². The molecule has 0 atom stereocenters. The molecule has 1 aromatic rings. The molecule has 0 saturated carbocycles. The molecule has 0 N–H and O–H groups in total. The summed E-state index contributed by atoms with van der Waals surface area (Å²) in [6.45, 7) is 1.45. The first-order chi connectivity index (χ1) is 10.9. The summed E-state index contributed by atoms with van der Waals surface area (Å²) in [5, 5.41) is 0. The summed E-state index contributed by atoms with van der Waals surface area (Å²) >= 11 is 0. The number of hydrogen-bond donors (Lipinski definition) is 0. The third-order valence-electron chi connectivity index (χ3n) is 4.06. The van der Waals surface area contributed by atoms with Gasteiger partial charge in [0.05, 0.1) is 7.11 Å². The van der Waals surface area contributed by atoms with Crippen molar-refractivity contribution in [3.8, 4) is 5.75 Å². The molecular weight excluding hydrogens is 316 g/mol. The fourth-order valence-electron chi connectivity index (χ4n) is 2.66. The van der Waals surface area contributed by atoms with Gasteiger partial charge in [0.1, 0.15) is 10.6 Å². The Morgan fingerprint density at radius 1 is 1.13 bits per heavy atom. The van der Waals surface area contributed by atoms with Gasteiger partial charge in [0, 0.05) is 32.7 Å². The van der Waals surface area contributed by atoms with E-state index in [9.17, 15) is 13.2 Å². The van der Waals surface area contributed by atoms with Crippen molar-refractivity contribution in [1.29, 1.82) is 0 Å². The minimum atomic E-state index is -3.68. The van der Waals surface area contributed by atoms with Crippen LogP contribution in [0.3, 0.4) is 0 Å². The molecule has 7 heteroatoms. The second-order valence-electron chi connectivity index (χ2n) is 5.86. The van der Waals surface area contributed by atoms with Crippen LogP contribution < -0.4 is 4.74 Å². The van der Waals surface area contributed by atoms with Crippen LogP contribution >= 0.6 is 0 Å². The van der Waals surface area contributed by atoms with Crippen molar-refractivity contribution >= 4 is 15.9 Å². The second kappa shape index (κ2) is 7.31. The van der Waals surface area contributed by atoms with Crippen LogP contribution in [-0.4, -0.2) is 57.8 Å². The molecular formula is C16H24N2O4S. The molecule has 0 unspecified atom stereocenters. The van der Waals surface area contributed by atoms with Gasteiger partial charge in [0.25, 0.3) is 5.91 Å². The largest absolute Gasteiger partial charge is 0.495 e. The first-order valence-corrected chi connectivity index (χ1v) is 9.22. The number of benzene rings is 1. The van der Waals surface area contributed by atoms with E-state index in [2.05, 4.69) is 0 Å². The van der Waals surface area contributed by atoms with Gasteiger partial charge < -0.3 is 9.64 Å². The van der Waals surface area contributed by atoms with E-state index in [-0.39, 0.29) is 16.6 Å². The number of sulfonamides is 1. The standard InChI is InChI=1S/C16H24N2O4S/c1-17(2)23(20,21)15-12-13(8-9-14(15)22-3)16(19)18-10-6-4-5-7-11-18/h8-9,12H,4-7,10-11H2,1-3H3. The smallest absolute Gasteiger partial charge is 0.253 e. The van der Waals surface area contributed by atoms with Gasteiger partial charge >= 0.3 is 0 Å². The predicted octanol–water partition coefficient (Wildman–Crippen LogP) is 1.96. The van der Waals surface area contributed by atoms with Gasteiger partial charge in [0.2, 0.25) is 10.0 Å². The SMILES string of the molecule is COc1ccc(C(=O)N2CCCCCC2)cc1S(=O)(=O)N(C)C. The maximum absolute atomic E-state index is 12.7. The highest BCUT2D eigenvalue weighted by Gasteiger charge is 2.25. The maximum Gasteiger partial charge on any atom is 0.253 e. The third kappa shape index (κ3) is 3.84. The van der Waals surface area contributed by atoms with Crippen LogP contribution in [0, 0.1) is 0 Å². The fourth-order valence-corrected chi connectivity index (χ4v) is 3.74. The van der Waals surface area contributed by atoms with Crippen LogP contribution in [0.1, 0.15) is 36.0 Å². The molecule has 2 rings (SSSR count). The monoisotopic (exact) mass is 340 g/mol. The van der Waals surface area contributed by atoms with Crippen LogP contribution in [-0.2, 0) is 10.0 Å². The van der Waals surface area contributed by atoms with E-state index in [1.807, 2.05) is 0 Å². The summed E-state index contributed by atoms with van der Waals surface area (Å²) in [4.78, 5) is 14.5. The zero-order chi connectivity index (χ0) is 17.0. The molecule has 0 aromatic heterocycles. The molecule has 0 aliphatic carbocycles. The highest BCUT2D eigenvalue weighted by molar-refractivity contribution is 7.89. The Hall–Kier alpha value is -1.60. The molecule has 1 aliphatic rings. The number of methoxy groups -OCH3 is 1. The van der Waals surface area contributed by atoms with Crippen LogP contribution in [0.25, 0.3) is 0 Å². The number of ether oxygens (including phenoxy) is 1. The van der Waals surface area contributed by atoms with E-state index >= 15 is 0 Å². The molecule has 0 spiro atoms. The summed E-state index contributed by atoms with van der Waals surface area (Å²) in [5.74, 6) is 0.121. The van der Waals surface area contributed by atoms with E-state index in [0.29, 0.717) is 5.56 Å². The predicted molar refractivity (Wildman–Crippen MR) is 88.2 cm³/mol. The Labute approximate surface area is 138 Å². The zero-order valence-corrected chi connectivity index (χ0v) is 14.7. The number of carbonyl (C=O) groups excluding carboxylic acids is 1. The number of likely N-dealkylation sites (tertiary alicyclic amines) is 1. The van der Waals surface area contributed by atoms with Crippen molar-refractivity contribution in [2.24, 2.45) is 0 Å². The van der Waals surface area contributed by atoms with Gasteiger partial charge in [0.15, 0.2) is 0 Å². The van der Waals surface area contributed by atoms with E-state index in [0.717, 1.165) is 43.1 Å². The lowest BCUT2D eigenvalue weighted by molar-refractivity contribution is 0.0761. The number of hydrogen-bond acceptors (Lipinski definition) is 4. The molecule has 1 amide bonds. The average molecular weight is 340 g/mol. The van der Waals surface area contributed by atoms with Crippen molar-refractivity contribution in [2.45, 2.75) is 30.6 Å². The quantitative estimate of drug-likeness (QED) is 0.840. The van der Waals surface area contributed by atoms with Crippen molar-refractivity contribution in [2.75, 3.05) is 34.3 Å². The van der Waals surface area contributed by atoms with Crippen molar-refractivity contribution in [3.05, 3.63) is 23.8 Å². The van der Waals surface area contributed by atoms with Crippen LogP contribution in [0.4, 0.5) is 0 Å². The van der Waals surface area contributed by atoms with E-state index in [4.69, 9.17) is 4.74 Å². The summed E-state index contributed by atoms with van der Waals surface area (Å²) in [7, 11) is 0.654. The van der Waals surface area contributed by atoms with Gasteiger partial charge in [-0.2, -0.15) is 0 Å². The first-order valence-electron chi connectivity index (χ1n) is 7.78. The maximum atomic E-state index is 12.7. The van der Waals surface area contributed by atoms with Crippen LogP contribution in [0.15, 0.2) is 23.1 Å². The second-order valence-corrected chi connectivity index (χ2v) is 7.98. The normalized spacial score (nSPS) is 16.3. The number of rotatable bonds is 4. The Balaban J connectivity index is 2.39. The van der Waals surface area contributed by atoms with E-state index in [1.54, 1.807) is 17.0 Å². The Kier molecular flexibility index (Phi) is 5.64. The average Bonchev–Trinajstić information content (AvgIpc) is 2.82. The summed E-state index contributed by atoms with van der Waals surface area (Å²) < 4.78 is 31.1. The summed E-state index contributed by atoms with van der Waals surface area (Å²) in [6, 6.07) is 4.59. The van der Waals surface area contributed by atoms with Crippen LogP contribution in [0.2, 0.25) is 0 Å². The van der Waals surface area contributed by atoms with Crippen LogP contribution in [0.5, 0.6) is 5.75 Å². The molecule has 1 heterocycles. The highest BCUT2D eigenvalue weighted by atomic mass is 32.2. The lowest BCUT2D eigenvalue weighted by Crippen LogP contribution is -2.32. The van der Waals surface area contributed by atoms with Gasteiger partial charge in [-0.25, -0.2) is 12.7 Å². The number of carbonyl (C=O) groups is 1. The Bertz CT molecular complexity index is 663. The minimum absolute atomic E-state index is 0.0191. The molecule has 0 bridgehead atoms. The lowest BCUT2D eigenvalue weighted by Gasteiger charge is -2.21. The Morgan fingerprint density at radius 2 is 1.74 bits per heavy atom. The molecule has 1 aliphatic heterocycles. The first kappa shape index (κ1) is 17.7. The van der Waals surface area contributed by atoms with Crippen molar-refractivity contribution < 1.29 is 17.9 Å². The van der Waals surface area contributed by atoms with Gasteiger partial charge in [-0.05, 0) is 31.0 Å². The molecule has 1 saturated heterocycles. The molecule has 128 valence electrons. The fraction of sp³-hybridized carbons (Fsp3) is 0.562. The molecule has 6 nitrogen and oxygen atoms in total. The molecule has 0 radical (unpaired) electrons. The summed E-state index contributed by atoms with van der Waals surface area (Å²) in [6.07, 6.45) is 4.24. The molecule has 1 fully saturated rings. The molecule has 1 aromatic carbocycles. The van der Waals surface area contributed by atoms with E-state index < -0.39 is 10.0 Å². The number of amides is 1. The van der Waals surface area contributed by atoms with Gasteiger partial charge in [-0.15, -0.1) is 0 Å². The van der Waals surface area contributed by atoms with Crippen molar-refractivity contribution in [3.63, 3.8) is 0 Å². The summed E-state index contributed by atoms with van der Waals surface area (Å²) in [5.41, 5.74) is 0.383. The van der Waals surface area contributed by atoms with E-state index in [1.165, 1.54) is 27.3 Å². The lowest BCUT2D eigenvalue weighted by atomic mass is 10.2. The Morgan fingerprint density at radius 3 is 2.26 bits per heavy atom. The molecule has 23 heavy (non-hydrogen) atoms. The third-order valence-corrected chi connectivity index (χ3v) is 5.90. The van der Waals surface area contributed by atoms with Gasteiger partial charge in [-0.1, -0.05) is 12.8 Å². The highest BCUT2D eigenvalue weighted by Crippen LogP contribution is 2.27. The topological polar surface area (TPSA) is 66.9 Å². The van der Waals surface area contributed by atoms with Gasteiger partial charge in [-0.3, -0.25) is 4.79 Å². The minimum Gasteiger partial charge on any atom is -0.495 e. The number of nitrogens with zero attached hydrogens (tertiary/aromatic N) is 2. The zero-order valence-electron chi connectivity index (χ0n) is 13.9.